The number of hydrogen-bond donors (Lipinski definition) is 1. The smallest absolute Gasteiger partial charge is 0.140 e. The first kappa shape index (κ1) is 15.0. The molecule has 4 heteroatoms. The Bertz CT molecular complexity index is 523. The molecule has 1 aromatic heterocycles. The van der Waals surface area contributed by atoms with E-state index in [1.165, 1.54) is 10.6 Å². The summed E-state index contributed by atoms with van der Waals surface area (Å²) in [7, 11) is 1.97. The zero-order valence-electron chi connectivity index (χ0n) is 12.3. The van der Waals surface area contributed by atoms with E-state index in [2.05, 4.69) is 19.2 Å². The highest BCUT2D eigenvalue weighted by Gasteiger charge is 2.12. The largest absolute Gasteiger partial charge is 0.486 e. The summed E-state index contributed by atoms with van der Waals surface area (Å²) >= 11 is 1.75. The second kappa shape index (κ2) is 7.41. The van der Waals surface area contributed by atoms with Crippen LogP contribution in [-0.4, -0.2) is 12.0 Å². The molecule has 2 aromatic rings. The third kappa shape index (κ3) is 4.32. The molecule has 0 spiro atoms. The lowest BCUT2D eigenvalue weighted by molar-refractivity contribution is 0.305. The molecule has 1 N–H and O–H groups in total. The van der Waals surface area contributed by atoms with E-state index in [9.17, 15) is 0 Å². The molecule has 0 saturated carbocycles. The van der Waals surface area contributed by atoms with E-state index in [-0.39, 0.29) is 0 Å². The van der Waals surface area contributed by atoms with Crippen molar-refractivity contribution in [1.82, 2.24) is 10.3 Å². The number of nitrogens with one attached hydrogen (secondary N) is 1. The molecular weight excluding hydrogens is 268 g/mol. The molecule has 0 atom stereocenters. The molecule has 1 heterocycles. The van der Waals surface area contributed by atoms with Crippen LogP contribution >= 0.6 is 11.3 Å². The summed E-state index contributed by atoms with van der Waals surface area (Å²) in [5.41, 5.74) is 1.21. The van der Waals surface area contributed by atoms with E-state index in [1.807, 2.05) is 37.4 Å². The molecule has 0 unspecified atom stereocenters. The van der Waals surface area contributed by atoms with Gasteiger partial charge in [0.05, 0.1) is 5.69 Å². The number of hydrogen-bond acceptors (Lipinski definition) is 4. The topological polar surface area (TPSA) is 34.1 Å². The third-order valence-electron chi connectivity index (χ3n) is 2.87. The van der Waals surface area contributed by atoms with Crippen molar-refractivity contribution in [2.75, 3.05) is 7.05 Å². The van der Waals surface area contributed by atoms with Crippen molar-refractivity contribution in [3.63, 3.8) is 0 Å². The van der Waals surface area contributed by atoms with Crippen molar-refractivity contribution < 1.29 is 4.74 Å². The Kier molecular flexibility index (Phi) is 5.56. The quantitative estimate of drug-likeness (QED) is 0.845. The van der Waals surface area contributed by atoms with Crippen LogP contribution in [0.2, 0.25) is 0 Å². The number of nitrogens with zero attached hydrogens (tertiary/aromatic N) is 1. The van der Waals surface area contributed by atoms with E-state index < -0.39 is 0 Å². The highest BCUT2D eigenvalue weighted by Crippen LogP contribution is 2.22. The van der Waals surface area contributed by atoms with Crippen LogP contribution in [0, 0.1) is 5.92 Å². The Morgan fingerprint density at radius 1 is 1.25 bits per heavy atom. The number of ether oxygens (including phenoxy) is 1. The first-order chi connectivity index (χ1) is 9.69. The van der Waals surface area contributed by atoms with Crippen LogP contribution < -0.4 is 10.1 Å². The van der Waals surface area contributed by atoms with Gasteiger partial charge in [0.25, 0.3) is 0 Å². The predicted molar refractivity (Wildman–Crippen MR) is 84.2 cm³/mol. The van der Waals surface area contributed by atoms with Crippen molar-refractivity contribution in [2.45, 2.75) is 33.4 Å². The fourth-order valence-corrected chi connectivity index (χ4v) is 3.03. The first-order valence-corrected chi connectivity index (χ1v) is 7.80. The van der Waals surface area contributed by atoms with Gasteiger partial charge in [-0.25, -0.2) is 4.98 Å². The summed E-state index contributed by atoms with van der Waals surface area (Å²) in [6.07, 6.45) is 1.03. The Labute approximate surface area is 125 Å². The van der Waals surface area contributed by atoms with E-state index in [4.69, 9.17) is 9.72 Å². The van der Waals surface area contributed by atoms with Crippen molar-refractivity contribution in [3.8, 4) is 5.75 Å². The van der Waals surface area contributed by atoms with Crippen LogP contribution in [0.15, 0.2) is 30.3 Å². The number of aromatic nitrogens is 1. The number of thiazole rings is 1. The summed E-state index contributed by atoms with van der Waals surface area (Å²) in [4.78, 5) is 6.06. The minimum absolute atomic E-state index is 0.545. The maximum Gasteiger partial charge on any atom is 0.140 e. The van der Waals surface area contributed by atoms with Crippen LogP contribution in [0.5, 0.6) is 5.75 Å². The summed E-state index contributed by atoms with van der Waals surface area (Å²) in [5, 5.41) is 4.27. The molecule has 2 rings (SSSR count). The Morgan fingerprint density at radius 2 is 2.00 bits per heavy atom. The van der Waals surface area contributed by atoms with Gasteiger partial charge in [-0.05, 0) is 31.5 Å². The number of para-hydroxylation sites is 1. The lowest BCUT2D eigenvalue weighted by Crippen LogP contribution is -2.07. The highest BCUT2D eigenvalue weighted by atomic mass is 32.1. The van der Waals surface area contributed by atoms with Gasteiger partial charge >= 0.3 is 0 Å². The van der Waals surface area contributed by atoms with E-state index >= 15 is 0 Å². The SMILES string of the molecule is CNCc1sc(COc2ccccc2)nc1CC(C)C. The molecule has 0 saturated heterocycles. The Morgan fingerprint density at radius 3 is 2.65 bits per heavy atom. The monoisotopic (exact) mass is 290 g/mol. The zero-order chi connectivity index (χ0) is 14.4. The number of rotatable bonds is 7. The van der Waals surface area contributed by atoms with Gasteiger partial charge in [0.1, 0.15) is 17.4 Å². The van der Waals surface area contributed by atoms with Gasteiger partial charge in [0.2, 0.25) is 0 Å². The molecule has 1 aromatic carbocycles. The molecule has 108 valence electrons. The lowest BCUT2D eigenvalue weighted by Gasteiger charge is -2.04. The summed E-state index contributed by atoms with van der Waals surface area (Å²) in [6.45, 7) is 5.87. The highest BCUT2D eigenvalue weighted by molar-refractivity contribution is 7.11. The molecule has 3 nitrogen and oxygen atoms in total. The molecular formula is C16H22N2OS. The van der Waals surface area contributed by atoms with Gasteiger partial charge in [0, 0.05) is 11.4 Å². The van der Waals surface area contributed by atoms with Crippen LogP contribution in [0.25, 0.3) is 0 Å². The fourth-order valence-electron chi connectivity index (χ4n) is 2.01. The minimum atomic E-state index is 0.545. The molecule has 0 bridgehead atoms. The second-order valence-electron chi connectivity index (χ2n) is 5.21. The number of benzene rings is 1. The van der Waals surface area contributed by atoms with Gasteiger partial charge in [-0.3, -0.25) is 0 Å². The maximum absolute atomic E-state index is 5.77. The normalized spacial score (nSPS) is 11.0. The molecule has 0 amide bonds. The molecule has 0 aliphatic heterocycles. The van der Waals surface area contributed by atoms with Crippen molar-refractivity contribution in [1.29, 1.82) is 0 Å². The average molecular weight is 290 g/mol. The Hall–Kier alpha value is -1.39. The van der Waals surface area contributed by atoms with Gasteiger partial charge in [0.15, 0.2) is 0 Å². The summed E-state index contributed by atoms with van der Waals surface area (Å²) in [6, 6.07) is 9.89. The van der Waals surface area contributed by atoms with Crippen LogP contribution in [0.3, 0.4) is 0 Å². The van der Waals surface area contributed by atoms with E-state index in [0.29, 0.717) is 12.5 Å². The Balaban J connectivity index is 2.04. The molecule has 0 aliphatic rings. The van der Waals surface area contributed by atoms with Crippen LogP contribution in [0.1, 0.15) is 29.4 Å². The first-order valence-electron chi connectivity index (χ1n) is 6.99. The van der Waals surface area contributed by atoms with Crippen LogP contribution in [0.4, 0.5) is 0 Å². The third-order valence-corrected chi connectivity index (χ3v) is 3.94. The van der Waals surface area contributed by atoms with Crippen molar-refractivity contribution in [2.24, 2.45) is 5.92 Å². The van der Waals surface area contributed by atoms with Crippen molar-refractivity contribution >= 4 is 11.3 Å². The molecule has 20 heavy (non-hydrogen) atoms. The van der Waals surface area contributed by atoms with Gasteiger partial charge < -0.3 is 10.1 Å². The minimum Gasteiger partial charge on any atom is -0.486 e. The maximum atomic E-state index is 5.77. The van der Waals surface area contributed by atoms with Crippen molar-refractivity contribution in [3.05, 3.63) is 45.9 Å². The zero-order valence-corrected chi connectivity index (χ0v) is 13.2. The summed E-state index contributed by atoms with van der Waals surface area (Å²) in [5.74, 6) is 1.51. The van der Waals surface area contributed by atoms with Crippen LogP contribution in [-0.2, 0) is 19.6 Å². The second-order valence-corrected chi connectivity index (χ2v) is 6.38. The molecule has 0 aliphatic carbocycles. The van der Waals surface area contributed by atoms with E-state index in [1.54, 1.807) is 11.3 Å². The standard InChI is InChI=1S/C16H22N2OS/c1-12(2)9-14-15(10-17-3)20-16(18-14)11-19-13-7-5-4-6-8-13/h4-8,12,17H,9-11H2,1-3H3. The fraction of sp³-hybridized carbons (Fsp3) is 0.438. The van der Waals surface area contributed by atoms with Gasteiger partial charge in [-0.2, -0.15) is 0 Å². The molecule has 0 fully saturated rings. The van der Waals surface area contributed by atoms with E-state index in [0.717, 1.165) is 23.7 Å². The molecule has 0 radical (unpaired) electrons. The van der Waals surface area contributed by atoms with Gasteiger partial charge in [-0.1, -0.05) is 32.0 Å². The summed E-state index contributed by atoms with van der Waals surface area (Å²) < 4.78 is 5.77. The van der Waals surface area contributed by atoms with Gasteiger partial charge in [-0.15, -0.1) is 11.3 Å². The lowest BCUT2D eigenvalue weighted by atomic mass is 10.1. The average Bonchev–Trinajstić information content (AvgIpc) is 2.80. The predicted octanol–water partition coefficient (Wildman–Crippen LogP) is 3.64.